The van der Waals surface area contributed by atoms with Gasteiger partial charge in [-0.15, -0.1) is 0 Å². The van der Waals surface area contributed by atoms with Gasteiger partial charge < -0.3 is 10.2 Å². The van der Waals surface area contributed by atoms with E-state index in [1.54, 1.807) is 0 Å². The van der Waals surface area contributed by atoms with Crippen molar-refractivity contribution >= 4 is 11.6 Å². The molecule has 3 fully saturated rings. The van der Waals surface area contributed by atoms with E-state index in [-0.39, 0.29) is 0 Å². The van der Waals surface area contributed by atoms with Crippen molar-refractivity contribution < 1.29 is 0 Å². The Labute approximate surface area is 132 Å². The molecule has 1 saturated carbocycles. The zero-order valence-electron chi connectivity index (χ0n) is 12.6. The summed E-state index contributed by atoms with van der Waals surface area (Å²) in [4.78, 5) is 2.70. The van der Waals surface area contributed by atoms with Gasteiger partial charge in [-0.05, 0) is 75.2 Å². The van der Waals surface area contributed by atoms with E-state index >= 15 is 0 Å². The number of rotatable bonds is 3. The van der Waals surface area contributed by atoms with Crippen LogP contribution < -0.4 is 5.32 Å². The average molecular weight is 305 g/mol. The van der Waals surface area contributed by atoms with E-state index in [9.17, 15) is 0 Å². The Morgan fingerprint density at radius 1 is 1.05 bits per heavy atom. The molecule has 1 aromatic rings. The molecular weight excluding hydrogens is 280 g/mol. The summed E-state index contributed by atoms with van der Waals surface area (Å²) in [6.07, 6.45) is 8.12. The quantitative estimate of drug-likeness (QED) is 0.913. The van der Waals surface area contributed by atoms with Crippen LogP contribution in [0.25, 0.3) is 0 Å². The minimum Gasteiger partial charge on any atom is -0.311 e. The first kappa shape index (κ1) is 14.0. The first-order valence-electron chi connectivity index (χ1n) is 8.53. The highest BCUT2D eigenvalue weighted by molar-refractivity contribution is 6.30. The molecular formula is C18H25ClN2. The first-order chi connectivity index (χ1) is 10.3. The van der Waals surface area contributed by atoms with Gasteiger partial charge in [-0.3, -0.25) is 0 Å². The Morgan fingerprint density at radius 3 is 2.81 bits per heavy atom. The van der Waals surface area contributed by atoms with E-state index in [1.165, 1.54) is 57.2 Å². The molecule has 2 saturated heterocycles. The molecule has 0 bridgehead atoms. The zero-order chi connectivity index (χ0) is 14.2. The van der Waals surface area contributed by atoms with Crippen molar-refractivity contribution in [3.05, 3.63) is 34.9 Å². The average Bonchev–Trinajstić information content (AvgIpc) is 2.89. The fourth-order valence-corrected chi connectivity index (χ4v) is 4.69. The molecule has 0 aromatic heterocycles. The predicted octanol–water partition coefficient (Wildman–Crippen LogP) is 3.80. The molecule has 2 heterocycles. The van der Waals surface area contributed by atoms with Gasteiger partial charge in [0.05, 0.1) is 0 Å². The van der Waals surface area contributed by atoms with Crippen LogP contribution in [0.2, 0.25) is 5.02 Å². The number of benzene rings is 1. The van der Waals surface area contributed by atoms with Crippen LogP contribution in [-0.4, -0.2) is 36.1 Å². The second-order valence-corrected chi connectivity index (χ2v) is 7.58. The number of nitrogens with zero attached hydrogens (tertiary/aromatic N) is 1. The maximum atomic E-state index is 6.09. The SMILES string of the molecule is Clc1cccc(C2CC(NC3CCN4CCCC4C3)C2)c1. The normalized spacial score (nSPS) is 36.2. The largest absolute Gasteiger partial charge is 0.311 e. The Hall–Kier alpha value is -0.570. The summed E-state index contributed by atoms with van der Waals surface area (Å²) in [5, 5.41) is 4.80. The van der Waals surface area contributed by atoms with Crippen LogP contribution in [0.5, 0.6) is 0 Å². The van der Waals surface area contributed by atoms with Crippen molar-refractivity contribution in [1.82, 2.24) is 10.2 Å². The summed E-state index contributed by atoms with van der Waals surface area (Å²) < 4.78 is 0. The van der Waals surface area contributed by atoms with Crippen molar-refractivity contribution in [3.63, 3.8) is 0 Å². The fraction of sp³-hybridized carbons (Fsp3) is 0.667. The summed E-state index contributed by atoms with van der Waals surface area (Å²) in [5.74, 6) is 0.716. The van der Waals surface area contributed by atoms with E-state index in [2.05, 4.69) is 28.4 Å². The van der Waals surface area contributed by atoms with Crippen LogP contribution in [0.15, 0.2) is 24.3 Å². The summed E-state index contributed by atoms with van der Waals surface area (Å²) >= 11 is 6.09. The van der Waals surface area contributed by atoms with Gasteiger partial charge in [0.1, 0.15) is 0 Å². The number of halogens is 1. The molecule has 114 valence electrons. The number of hydrogen-bond donors (Lipinski definition) is 1. The number of nitrogens with one attached hydrogen (secondary N) is 1. The molecule has 2 nitrogen and oxygen atoms in total. The Kier molecular flexibility index (Phi) is 3.95. The number of piperidine rings is 1. The molecule has 0 spiro atoms. The Morgan fingerprint density at radius 2 is 1.95 bits per heavy atom. The molecule has 0 amide bonds. The zero-order valence-corrected chi connectivity index (χ0v) is 13.4. The van der Waals surface area contributed by atoms with Crippen molar-refractivity contribution in [2.45, 2.75) is 62.6 Å². The lowest BCUT2D eigenvalue weighted by atomic mass is 9.75. The van der Waals surface area contributed by atoms with E-state index in [1.807, 2.05) is 6.07 Å². The number of hydrogen-bond acceptors (Lipinski definition) is 2. The highest BCUT2D eigenvalue weighted by atomic mass is 35.5. The monoisotopic (exact) mass is 304 g/mol. The van der Waals surface area contributed by atoms with Crippen LogP contribution in [-0.2, 0) is 0 Å². The molecule has 0 radical (unpaired) electrons. The van der Waals surface area contributed by atoms with Crippen molar-refractivity contribution in [1.29, 1.82) is 0 Å². The lowest BCUT2D eigenvalue weighted by Crippen LogP contribution is -2.51. The first-order valence-corrected chi connectivity index (χ1v) is 8.91. The highest BCUT2D eigenvalue weighted by Gasteiger charge is 2.36. The van der Waals surface area contributed by atoms with Gasteiger partial charge in [0.25, 0.3) is 0 Å². The van der Waals surface area contributed by atoms with E-state index in [4.69, 9.17) is 11.6 Å². The van der Waals surface area contributed by atoms with Crippen LogP contribution >= 0.6 is 11.6 Å². The summed E-state index contributed by atoms with van der Waals surface area (Å²) in [6, 6.07) is 10.8. The minimum absolute atomic E-state index is 0.716. The summed E-state index contributed by atoms with van der Waals surface area (Å²) in [5.41, 5.74) is 1.42. The van der Waals surface area contributed by atoms with E-state index in [0.29, 0.717) is 5.92 Å². The lowest BCUT2D eigenvalue weighted by Gasteiger charge is -2.42. The van der Waals surface area contributed by atoms with Gasteiger partial charge >= 0.3 is 0 Å². The topological polar surface area (TPSA) is 15.3 Å². The van der Waals surface area contributed by atoms with Gasteiger partial charge in [-0.25, -0.2) is 0 Å². The standard InChI is InChI=1S/C18H25ClN2/c19-15-4-1-3-13(9-15)14-10-17(11-14)20-16-6-8-21-7-2-5-18(21)12-16/h1,3-4,9,14,16-18,20H,2,5-8,10-12H2. The van der Waals surface area contributed by atoms with Gasteiger partial charge in [0, 0.05) is 23.1 Å². The molecule has 3 aliphatic rings. The lowest BCUT2D eigenvalue weighted by molar-refractivity contribution is 0.146. The summed E-state index contributed by atoms with van der Waals surface area (Å²) in [7, 11) is 0. The second kappa shape index (κ2) is 5.91. The third-order valence-corrected chi connectivity index (χ3v) is 5.99. The van der Waals surface area contributed by atoms with Crippen molar-refractivity contribution in [2.75, 3.05) is 13.1 Å². The molecule has 21 heavy (non-hydrogen) atoms. The molecule has 3 heteroatoms. The maximum absolute atomic E-state index is 6.09. The molecule has 2 unspecified atom stereocenters. The Bertz CT molecular complexity index is 498. The van der Waals surface area contributed by atoms with Gasteiger partial charge in [0.2, 0.25) is 0 Å². The van der Waals surface area contributed by atoms with Gasteiger partial charge in [0.15, 0.2) is 0 Å². The third kappa shape index (κ3) is 2.99. The highest BCUT2D eigenvalue weighted by Crippen LogP contribution is 2.38. The van der Waals surface area contributed by atoms with Crippen LogP contribution in [0.1, 0.15) is 50.0 Å². The molecule has 2 aliphatic heterocycles. The van der Waals surface area contributed by atoms with E-state index in [0.717, 1.165) is 23.1 Å². The molecule has 2 atom stereocenters. The fourth-order valence-electron chi connectivity index (χ4n) is 4.50. The third-order valence-electron chi connectivity index (χ3n) is 5.75. The van der Waals surface area contributed by atoms with Crippen molar-refractivity contribution in [2.24, 2.45) is 0 Å². The molecule has 1 aliphatic carbocycles. The van der Waals surface area contributed by atoms with Crippen LogP contribution in [0, 0.1) is 0 Å². The van der Waals surface area contributed by atoms with Gasteiger partial charge in [-0.2, -0.15) is 0 Å². The maximum Gasteiger partial charge on any atom is 0.0408 e. The second-order valence-electron chi connectivity index (χ2n) is 7.14. The molecule has 1 N–H and O–H groups in total. The number of fused-ring (bicyclic) bond motifs is 1. The van der Waals surface area contributed by atoms with E-state index < -0.39 is 0 Å². The van der Waals surface area contributed by atoms with Crippen LogP contribution in [0.3, 0.4) is 0 Å². The predicted molar refractivity (Wildman–Crippen MR) is 88.0 cm³/mol. The molecule has 1 aromatic carbocycles. The van der Waals surface area contributed by atoms with Crippen LogP contribution in [0.4, 0.5) is 0 Å². The smallest absolute Gasteiger partial charge is 0.0408 e. The summed E-state index contributed by atoms with van der Waals surface area (Å²) in [6.45, 7) is 2.66. The van der Waals surface area contributed by atoms with Gasteiger partial charge in [-0.1, -0.05) is 23.7 Å². The van der Waals surface area contributed by atoms with Crippen molar-refractivity contribution in [3.8, 4) is 0 Å². The molecule has 4 rings (SSSR count). The minimum atomic E-state index is 0.716. The Balaban J connectivity index is 1.27.